The molecule has 0 bridgehead atoms. The van der Waals surface area contributed by atoms with Crippen LogP contribution in [0.4, 0.5) is 0 Å². The lowest BCUT2D eigenvalue weighted by Crippen LogP contribution is -2.36. The summed E-state index contributed by atoms with van der Waals surface area (Å²) in [5, 5.41) is 4.07. The largest absolute Gasteiger partial charge is 0.467 e. The van der Waals surface area contributed by atoms with Gasteiger partial charge in [0, 0.05) is 28.9 Å². The van der Waals surface area contributed by atoms with Crippen LogP contribution >= 0.6 is 15.9 Å². The third kappa shape index (κ3) is 4.52. The minimum atomic E-state index is 0.121. The fraction of sp³-hybridized carbons (Fsp3) is 0.381. The maximum absolute atomic E-state index is 13.0. The van der Waals surface area contributed by atoms with Gasteiger partial charge in [-0.05, 0) is 49.2 Å². The molecule has 2 heterocycles. The molecule has 1 aliphatic rings. The lowest BCUT2D eigenvalue weighted by molar-refractivity contribution is -0.136. The van der Waals surface area contributed by atoms with Crippen LogP contribution in [0, 0.1) is 5.92 Å². The topological polar surface area (TPSA) is 72.4 Å². The Balaban J connectivity index is 1.43. The van der Waals surface area contributed by atoms with Crippen molar-refractivity contribution in [2.24, 2.45) is 5.92 Å². The van der Waals surface area contributed by atoms with Gasteiger partial charge in [-0.2, -0.15) is 4.98 Å². The molecule has 1 fully saturated rings. The summed E-state index contributed by atoms with van der Waals surface area (Å²) < 4.78 is 11.9. The van der Waals surface area contributed by atoms with Crippen LogP contribution in [0.3, 0.4) is 0 Å². The van der Waals surface area contributed by atoms with E-state index in [4.69, 9.17) is 8.94 Å². The van der Waals surface area contributed by atoms with Gasteiger partial charge in [0.2, 0.25) is 17.6 Å². The predicted molar refractivity (Wildman–Crippen MR) is 107 cm³/mol. The van der Waals surface area contributed by atoms with Gasteiger partial charge >= 0.3 is 0 Å². The Labute approximate surface area is 172 Å². The zero-order chi connectivity index (χ0) is 19.3. The zero-order valence-electron chi connectivity index (χ0n) is 15.5. The second-order valence-electron chi connectivity index (χ2n) is 7.09. The van der Waals surface area contributed by atoms with Crippen molar-refractivity contribution in [2.75, 3.05) is 6.54 Å². The third-order valence-electron chi connectivity index (χ3n) is 5.11. The second kappa shape index (κ2) is 8.73. The van der Waals surface area contributed by atoms with Crippen LogP contribution in [0.5, 0.6) is 0 Å². The zero-order valence-corrected chi connectivity index (χ0v) is 17.1. The number of rotatable bonds is 7. The van der Waals surface area contributed by atoms with E-state index in [1.54, 1.807) is 6.26 Å². The Morgan fingerprint density at radius 3 is 2.68 bits per heavy atom. The van der Waals surface area contributed by atoms with E-state index in [1.807, 2.05) is 41.3 Å². The molecule has 0 aliphatic heterocycles. The monoisotopic (exact) mass is 443 g/mol. The highest BCUT2D eigenvalue weighted by atomic mass is 79.9. The van der Waals surface area contributed by atoms with Gasteiger partial charge in [0.1, 0.15) is 5.76 Å². The first-order valence-electron chi connectivity index (χ1n) is 9.59. The molecule has 1 saturated carbocycles. The van der Waals surface area contributed by atoms with Gasteiger partial charge in [0.05, 0.1) is 12.8 Å². The van der Waals surface area contributed by atoms with Crippen molar-refractivity contribution >= 4 is 21.8 Å². The number of carbonyl (C=O) groups excluding carboxylic acids is 1. The second-order valence-corrected chi connectivity index (χ2v) is 8.00. The predicted octanol–water partition coefficient (Wildman–Crippen LogP) is 4.85. The summed E-state index contributed by atoms with van der Waals surface area (Å²) in [6, 6.07) is 11.5. The van der Waals surface area contributed by atoms with Crippen LogP contribution < -0.4 is 0 Å². The lowest BCUT2D eigenvalue weighted by Gasteiger charge is -2.24. The molecule has 0 N–H and O–H groups in total. The van der Waals surface area contributed by atoms with Crippen molar-refractivity contribution < 1.29 is 13.7 Å². The quantitative estimate of drug-likeness (QED) is 0.521. The molecule has 1 amide bonds. The molecular formula is C21H22BrN3O3. The van der Waals surface area contributed by atoms with Gasteiger partial charge in [0.15, 0.2) is 0 Å². The molecule has 0 atom stereocenters. The van der Waals surface area contributed by atoms with Crippen molar-refractivity contribution in [3.05, 3.63) is 58.8 Å². The van der Waals surface area contributed by atoms with Gasteiger partial charge < -0.3 is 13.8 Å². The van der Waals surface area contributed by atoms with Crippen molar-refractivity contribution in [1.82, 2.24) is 15.0 Å². The number of carbonyl (C=O) groups is 1. The number of hydrogen-bond acceptors (Lipinski definition) is 5. The number of halogens is 1. The Kier molecular flexibility index (Phi) is 5.90. The molecular weight excluding hydrogens is 422 g/mol. The fourth-order valence-electron chi connectivity index (χ4n) is 3.59. The van der Waals surface area contributed by atoms with E-state index in [0.29, 0.717) is 31.2 Å². The van der Waals surface area contributed by atoms with Crippen LogP contribution in [0.15, 0.2) is 56.1 Å². The van der Waals surface area contributed by atoms with E-state index in [0.717, 1.165) is 41.5 Å². The molecule has 2 aromatic heterocycles. The number of hydrogen-bond donors (Lipinski definition) is 0. The number of aromatic nitrogens is 2. The van der Waals surface area contributed by atoms with Gasteiger partial charge in [-0.1, -0.05) is 33.9 Å². The Morgan fingerprint density at radius 1 is 1.18 bits per heavy atom. The molecule has 0 spiro atoms. The summed E-state index contributed by atoms with van der Waals surface area (Å²) >= 11 is 3.42. The summed E-state index contributed by atoms with van der Waals surface area (Å²) in [4.78, 5) is 19.3. The van der Waals surface area contributed by atoms with E-state index in [2.05, 4.69) is 26.1 Å². The molecule has 1 aliphatic carbocycles. The van der Waals surface area contributed by atoms with E-state index < -0.39 is 0 Å². The number of furan rings is 1. The molecule has 0 unspecified atom stereocenters. The van der Waals surface area contributed by atoms with Crippen LogP contribution in [0.1, 0.15) is 37.3 Å². The van der Waals surface area contributed by atoms with Gasteiger partial charge in [0.25, 0.3) is 0 Å². The minimum Gasteiger partial charge on any atom is -0.467 e. The van der Waals surface area contributed by atoms with Gasteiger partial charge in [-0.15, -0.1) is 0 Å². The van der Waals surface area contributed by atoms with Gasteiger partial charge in [-0.25, -0.2) is 0 Å². The summed E-state index contributed by atoms with van der Waals surface area (Å²) in [5.41, 5.74) is 0.896. The highest BCUT2D eigenvalue weighted by Crippen LogP contribution is 2.27. The molecule has 0 radical (unpaired) electrons. The van der Waals surface area contributed by atoms with Crippen LogP contribution in [-0.2, 0) is 17.8 Å². The normalized spacial score (nSPS) is 14.5. The smallest absolute Gasteiger partial charge is 0.228 e. The average Bonchev–Trinajstić information content (AvgIpc) is 3.48. The van der Waals surface area contributed by atoms with Crippen molar-refractivity contribution in [3.63, 3.8) is 0 Å². The standard InChI is InChI=1S/C21H22BrN3O3/c22-17-9-7-15(8-10-17)20-23-19(28-24-20)11-12-25(14-18-6-3-13-27-18)21(26)16-4-1-2-5-16/h3,6-10,13,16H,1-2,4-5,11-12,14H2. The Bertz CT molecular complexity index is 899. The first kappa shape index (κ1) is 18.9. The molecule has 0 saturated heterocycles. The molecule has 28 heavy (non-hydrogen) atoms. The van der Waals surface area contributed by atoms with Crippen LogP contribution in [0.25, 0.3) is 11.4 Å². The molecule has 6 nitrogen and oxygen atoms in total. The first-order valence-corrected chi connectivity index (χ1v) is 10.4. The highest BCUT2D eigenvalue weighted by molar-refractivity contribution is 9.10. The Hall–Kier alpha value is -2.41. The minimum absolute atomic E-state index is 0.121. The lowest BCUT2D eigenvalue weighted by atomic mass is 10.1. The van der Waals surface area contributed by atoms with Crippen molar-refractivity contribution in [2.45, 2.75) is 38.6 Å². The van der Waals surface area contributed by atoms with E-state index in [9.17, 15) is 4.79 Å². The van der Waals surface area contributed by atoms with Crippen LogP contribution in [-0.4, -0.2) is 27.5 Å². The molecule has 146 valence electrons. The SMILES string of the molecule is O=C(C1CCCC1)N(CCc1nc(-c2ccc(Br)cc2)no1)Cc1ccco1. The Morgan fingerprint density at radius 2 is 1.96 bits per heavy atom. The average molecular weight is 444 g/mol. The molecule has 7 heteroatoms. The molecule has 3 aromatic rings. The van der Waals surface area contributed by atoms with E-state index >= 15 is 0 Å². The summed E-state index contributed by atoms with van der Waals surface area (Å²) in [7, 11) is 0. The number of nitrogens with zero attached hydrogens (tertiary/aromatic N) is 3. The maximum atomic E-state index is 13.0. The van der Waals surface area contributed by atoms with Gasteiger partial charge in [-0.3, -0.25) is 4.79 Å². The summed E-state index contributed by atoms with van der Waals surface area (Å²) in [6.45, 7) is 0.994. The number of amides is 1. The molecule has 4 rings (SSSR count). The summed E-state index contributed by atoms with van der Waals surface area (Å²) in [5.74, 6) is 2.19. The number of benzene rings is 1. The van der Waals surface area contributed by atoms with Crippen molar-refractivity contribution in [1.29, 1.82) is 0 Å². The van der Waals surface area contributed by atoms with E-state index in [-0.39, 0.29) is 11.8 Å². The van der Waals surface area contributed by atoms with Crippen molar-refractivity contribution in [3.8, 4) is 11.4 Å². The highest BCUT2D eigenvalue weighted by Gasteiger charge is 2.28. The van der Waals surface area contributed by atoms with Crippen LogP contribution in [0.2, 0.25) is 0 Å². The molecule has 1 aromatic carbocycles. The summed E-state index contributed by atoms with van der Waals surface area (Å²) in [6.07, 6.45) is 6.36. The first-order chi connectivity index (χ1) is 13.7. The fourth-order valence-corrected chi connectivity index (χ4v) is 3.86. The maximum Gasteiger partial charge on any atom is 0.228 e. The third-order valence-corrected chi connectivity index (χ3v) is 5.64. The van der Waals surface area contributed by atoms with E-state index in [1.165, 1.54) is 0 Å².